The third-order valence-corrected chi connectivity index (χ3v) is 3.81. The molecule has 1 atom stereocenters. The molecule has 0 bridgehead atoms. The molecule has 0 spiro atoms. The number of rotatable bonds is 7. The molecule has 0 saturated carbocycles. The number of ether oxygens (including phenoxy) is 1. The number of hydrogen-bond acceptors (Lipinski definition) is 4. The SMILES string of the molecule is OC(CC=COCC(F)(F)F)(Cc1cn[nH]n1)c1ccc(Cl)cc1Cl. The highest BCUT2D eigenvalue weighted by Crippen LogP contribution is 2.35. The van der Waals surface area contributed by atoms with E-state index in [0.29, 0.717) is 16.3 Å². The molecular weight excluding hydrogens is 382 g/mol. The summed E-state index contributed by atoms with van der Waals surface area (Å²) in [6.07, 6.45) is -0.838. The van der Waals surface area contributed by atoms with Crippen LogP contribution in [0.4, 0.5) is 13.2 Å². The van der Waals surface area contributed by atoms with E-state index in [1.54, 1.807) is 12.1 Å². The molecular formula is C15H14Cl2F3N3O2. The normalized spacial score (nSPS) is 14.6. The van der Waals surface area contributed by atoms with Crippen molar-refractivity contribution in [2.24, 2.45) is 0 Å². The molecule has 1 heterocycles. The number of aromatic amines is 1. The first-order valence-electron chi connectivity index (χ1n) is 7.05. The molecule has 0 aliphatic rings. The first-order chi connectivity index (χ1) is 11.7. The molecule has 10 heteroatoms. The summed E-state index contributed by atoms with van der Waals surface area (Å²) in [5, 5.41) is 21.6. The van der Waals surface area contributed by atoms with Gasteiger partial charge in [-0.3, -0.25) is 0 Å². The molecule has 0 radical (unpaired) electrons. The summed E-state index contributed by atoms with van der Waals surface area (Å²) < 4.78 is 40.6. The average Bonchev–Trinajstić information content (AvgIpc) is 2.98. The van der Waals surface area contributed by atoms with Crippen molar-refractivity contribution in [3.8, 4) is 0 Å². The Kier molecular flexibility index (Phi) is 6.31. The van der Waals surface area contributed by atoms with Crippen LogP contribution < -0.4 is 0 Å². The number of hydrogen-bond donors (Lipinski definition) is 2. The van der Waals surface area contributed by atoms with Gasteiger partial charge in [-0.15, -0.1) is 0 Å². The summed E-state index contributed by atoms with van der Waals surface area (Å²) >= 11 is 12.0. The van der Waals surface area contributed by atoms with Crippen molar-refractivity contribution in [2.75, 3.05) is 6.61 Å². The standard InChI is InChI=1S/C15H14Cl2F3N3O2/c16-10-2-3-12(13(17)6-10)14(24,7-11-8-21-23-22-11)4-1-5-25-9-15(18,19)20/h1-3,5-6,8,24H,4,7,9H2,(H,21,22,23). The molecule has 0 aliphatic carbocycles. The molecule has 0 aliphatic heterocycles. The Hall–Kier alpha value is -1.77. The van der Waals surface area contributed by atoms with Gasteiger partial charge in [-0.2, -0.15) is 28.6 Å². The van der Waals surface area contributed by atoms with Crippen molar-refractivity contribution in [3.05, 3.63) is 58.0 Å². The van der Waals surface area contributed by atoms with Gasteiger partial charge >= 0.3 is 6.18 Å². The highest BCUT2D eigenvalue weighted by molar-refractivity contribution is 6.35. The van der Waals surface area contributed by atoms with E-state index in [9.17, 15) is 18.3 Å². The van der Waals surface area contributed by atoms with Gasteiger partial charge in [-0.05, 0) is 18.2 Å². The Labute approximate surface area is 151 Å². The largest absolute Gasteiger partial charge is 0.492 e. The number of H-pyrrole nitrogens is 1. The van der Waals surface area contributed by atoms with Gasteiger partial charge in [0.2, 0.25) is 0 Å². The van der Waals surface area contributed by atoms with E-state index in [4.69, 9.17) is 23.2 Å². The Bertz CT molecular complexity index is 723. The van der Waals surface area contributed by atoms with Crippen molar-refractivity contribution in [3.63, 3.8) is 0 Å². The first-order valence-corrected chi connectivity index (χ1v) is 7.81. The average molecular weight is 396 g/mol. The van der Waals surface area contributed by atoms with Crippen molar-refractivity contribution in [1.82, 2.24) is 15.4 Å². The second-order valence-electron chi connectivity index (χ2n) is 5.30. The molecule has 1 aromatic heterocycles. The van der Waals surface area contributed by atoms with Crippen LogP contribution in [0.25, 0.3) is 0 Å². The Morgan fingerprint density at radius 2 is 2.04 bits per heavy atom. The highest BCUT2D eigenvalue weighted by Gasteiger charge is 2.32. The van der Waals surface area contributed by atoms with Gasteiger partial charge in [0.05, 0.1) is 18.2 Å². The number of alkyl halides is 3. The van der Waals surface area contributed by atoms with E-state index < -0.39 is 18.4 Å². The molecule has 136 valence electrons. The van der Waals surface area contributed by atoms with Crippen LogP contribution in [0.5, 0.6) is 0 Å². The molecule has 0 amide bonds. The van der Waals surface area contributed by atoms with Crippen LogP contribution in [-0.2, 0) is 16.8 Å². The Morgan fingerprint density at radius 3 is 2.64 bits per heavy atom. The lowest BCUT2D eigenvalue weighted by molar-refractivity contribution is -0.161. The van der Waals surface area contributed by atoms with Gasteiger partial charge in [-0.1, -0.05) is 29.3 Å². The van der Waals surface area contributed by atoms with Gasteiger partial charge in [0.1, 0.15) is 5.60 Å². The lowest BCUT2D eigenvalue weighted by Crippen LogP contribution is -2.28. The van der Waals surface area contributed by atoms with Crippen molar-refractivity contribution in [2.45, 2.75) is 24.6 Å². The molecule has 2 rings (SSSR count). The number of aromatic nitrogens is 3. The van der Waals surface area contributed by atoms with Crippen LogP contribution in [-0.4, -0.2) is 33.3 Å². The summed E-state index contributed by atoms with van der Waals surface area (Å²) in [5.74, 6) is 0. The molecule has 25 heavy (non-hydrogen) atoms. The summed E-state index contributed by atoms with van der Waals surface area (Å²) in [7, 11) is 0. The van der Waals surface area contributed by atoms with E-state index in [1.165, 1.54) is 18.3 Å². The molecule has 1 aromatic carbocycles. The van der Waals surface area contributed by atoms with E-state index in [1.807, 2.05) is 0 Å². The lowest BCUT2D eigenvalue weighted by atomic mass is 9.86. The number of nitrogens with one attached hydrogen (secondary N) is 1. The Balaban J connectivity index is 2.19. The minimum absolute atomic E-state index is 0.0362. The van der Waals surface area contributed by atoms with Gasteiger partial charge < -0.3 is 9.84 Å². The zero-order valence-corrected chi connectivity index (χ0v) is 14.2. The fraction of sp³-hybridized carbons (Fsp3) is 0.333. The first kappa shape index (κ1) is 19.6. The quantitative estimate of drug-likeness (QED) is 0.694. The van der Waals surface area contributed by atoms with E-state index in [2.05, 4.69) is 20.1 Å². The molecule has 0 fully saturated rings. The second-order valence-corrected chi connectivity index (χ2v) is 6.14. The predicted molar refractivity (Wildman–Crippen MR) is 86.2 cm³/mol. The second kappa shape index (κ2) is 8.07. The minimum atomic E-state index is -4.43. The molecule has 5 nitrogen and oxygen atoms in total. The van der Waals surface area contributed by atoms with Gasteiger partial charge in [0.15, 0.2) is 6.61 Å². The smallest absolute Gasteiger partial charge is 0.422 e. The number of aliphatic hydroxyl groups is 1. The van der Waals surface area contributed by atoms with Crippen LogP contribution in [0.3, 0.4) is 0 Å². The van der Waals surface area contributed by atoms with Crippen LogP contribution in [0.2, 0.25) is 10.0 Å². The zero-order valence-electron chi connectivity index (χ0n) is 12.7. The predicted octanol–water partition coefficient (Wildman–Crippen LogP) is 4.02. The number of benzene rings is 1. The maximum Gasteiger partial charge on any atom is 0.422 e. The molecule has 2 aromatic rings. The molecule has 0 saturated heterocycles. The van der Waals surface area contributed by atoms with Crippen LogP contribution >= 0.6 is 23.2 Å². The minimum Gasteiger partial charge on any atom is -0.492 e. The zero-order chi connectivity index (χ0) is 18.5. The Morgan fingerprint density at radius 1 is 1.28 bits per heavy atom. The van der Waals surface area contributed by atoms with Crippen LogP contribution in [0.15, 0.2) is 36.7 Å². The third-order valence-electron chi connectivity index (χ3n) is 3.27. The van der Waals surface area contributed by atoms with Crippen molar-refractivity contribution in [1.29, 1.82) is 0 Å². The summed E-state index contributed by atoms with van der Waals surface area (Å²) in [5.41, 5.74) is -0.712. The molecule has 2 N–H and O–H groups in total. The highest BCUT2D eigenvalue weighted by atomic mass is 35.5. The summed E-state index contributed by atoms with van der Waals surface area (Å²) in [6, 6.07) is 4.58. The van der Waals surface area contributed by atoms with Gasteiger partial charge in [0, 0.05) is 28.5 Å². The van der Waals surface area contributed by atoms with Crippen molar-refractivity contribution >= 4 is 23.2 Å². The summed E-state index contributed by atoms with van der Waals surface area (Å²) in [4.78, 5) is 0. The maximum absolute atomic E-state index is 12.1. The topological polar surface area (TPSA) is 71.0 Å². The monoisotopic (exact) mass is 395 g/mol. The lowest BCUT2D eigenvalue weighted by Gasteiger charge is -2.27. The third kappa shape index (κ3) is 5.91. The van der Waals surface area contributed by atoms with Gasteiger partial charge in [0.25, 0.3) is 0 Å². The van der Waals surface area contributed by atoms with Gasteiger partial charge in [-0.25, -0.2) is 0 Å². The fourth-order valence-electron chi connectivity index (χ4n) is 2.21. The molecule has 1 unspecified atom stereocenters. The van der Waals surface area contributed by atoms with Crippen molar-refractivity contribution < 1.29 is 23.0 Å². The fourth-order valence-corrected chi connectivity index (χ4v) is 2.79. The number of halogens is 5. The summed E-state index contributed by atoms with van der Waals surface area (Å²) in [6.45, 7) is -1.41. The van der Waals surface area contributed by atoms with E-state index in [0.717, 1.165) is 6.26 Å². The van der Waals surface area contributed by atoms with E-state index >= 15 is 0 Å². The number of nitrogens with zero attached hydrogens (tertiary/aromatic N) is 2. The maximum atomic E-state index is 12.1. The van der Waals surface area contributed by atoms with Crippen LogP contribution in [0, 0.1) is 0 Å². The van der Waals surface area contributed by atoms with Crippen LogP contribution in [0.1, 0.15) is 17.7 Å². The van der Waals surface area contributed by atoms with E-state index in [-0.39, 0.29) is 17.9 Å².